The number of amides is 1. The average molecular weight is 501 g/mol. The monoisotopic (exact) mass is 500 g/mol. The molecule has 0 unspecified atom stereocenters. The number of hydrogen-bond acceptors (Lipinski definition) is 6. The lowest BCUT2D eigenvalue weighted by molar-refractivity contribution is -0.119. The second kappa shape index (κ2) is 9.19. The van der Waals surface area contributed by atoms with E-state index in [1.165, 1.54) is 0 Å². The predicted octanol–water partition coefficient (Wildman–Crippen LogP) is 5.75. The van der Waals surface area contributed by atoms with E-state index in [2.05, 4.69) is 41.5 Å². The SMILES string of the molecule is O=C(Nc1cncc(-c2ccc3[nH]nc(-c4nc5c(-c6cccnc6)nccc5[nH]4)c3c2)c1)C1CCCC1. The number of H-pyrrole nitrogens is 2. The standard InChI is InChI=1S/C29H24N8O/c38-29(17-4-1-2-5-17)33-21-12-20(15-31-16-21)18-7-8-23-22(13-18)26(37-36-23)28-34-24-9-11-32-25(27(24)35-28)19-6-3-10-30-14-19/h3,6-17H,1-2,4-5H2,(H,33,38)(H,34,35)(H,36,37). The van der Waals surface area contributed by atoms with Crippen LogP contribution in [0.5, 0.6) is 0 Å². The van der Waals surface area contributed by atoms with E-state index in [1.54, 1.807) is 31.0 Å². The molecule has 38 heavy (non-hydrogen) atoms. The Hall–Kier alpha value is -4.92. The van der Waals surface area contributed by atoms with Gasteiger partial charge in [0, 0.05) is 47.2 Å². The lowest BCUT2D eigenvalue weighted by Gasteiger charge is -2.11. The molecule has 6 aromatic rings. The minimum Gasteiger partial charge on any atom is -0.336 e. The maximum atomic E-state index is 12.6. The van der Waals surface area contributed by atoms with E-state index >= 15 is 0 Å². The van der Waals surface area contributed by atoms with Crippen molar-refractivity contribution in [1.29, 1.82) is 0 Å². The lowest BCUT2D eigenvalue weighted by atomic mass is 10.0. The zero-order valence-electron chi connectivity index (χ0n) is 20.5. The highest BCUT2D eigenvalue weighted by Crippen LogP contribution is 2.33. The van der Waals surface area contributed by atoms with E-state index in [9.17, 15) is 4.79 Å². The number of carbonyl (C=O) groups is 1. The molecule has 1 aliphatic carbocycles. The molecule has 7 rings (SSSR count). The zero-order chi connectivity index (χ0) is 25.5. The molecule has 0 bridgehead atoms. The van der Waals surface area contributed by atoms with E-state index in [4.69, 9.17) is 4.98 Å². The normalized spacial score (nSPS) is 13.9. The van der Waals surface area contributed by atoms with Gasteiger partial charge in [-0.3, -0.25) is 24.8 Å². The second-order valence-corrected chi connectivity index (χ2v) is 9.65. The van der Waals surface area contributed by atoms with E-state index in [1.807, 2.05) is 36.4 Å². The number of nitrogens with one attached hydrogen (secondary N) is 3. The van der Waals surface area contributed by atoms with Gasteiger partial charge < -0.3 is 10.3 Å². The van der Waals surface area contributed by atoms with Crippen LogP contribution >= 0.6 is 0 Å². The van der Waals surface area contributed by atoms with Gasteiger partial charge in [0.2, 0.25) is 5.91 Å². The molecule has 3 N–H and O–H groups in total. The van der Waals surface area contributed by atoms with Crippen molar-refractivity contribution in [1.82, 2.24) is 35.1 Å². The number of hydrogen-bond donors (Lipinski definition) is 3. The van der Waals surface area contributed by atoms with Crippen molar-refractivity contribution in [3.8, 4) is 33.9 Å². The number of aromatic amines is 2. The molecule has 9 nitrogen and oxygen atoms in total. The van der Waals surface area contributed by atoms with Crippen LogP contribution in [0.15, 0.2) is 73.4 Å². The summed E-state index contributed by atoms with van der Waals surface area (Å²) in [6, 6.07) is 13.8. The van der Waals surface area contributed by atoms with Crippen molar-refractivity contribution in [2.45, 2.75) is 25.7 Å². The lowest BCUT2D eigenvalue weighted by Crippen LogP contribution is -2.20. The number of nitrogens with zero attached hydrogens (tertiary/aromatic N) is 5. The fourth-order valence-electron chi connectivity index (χ4n) is 5.23. The third kappa shape index (κ3) is 3.98. The highest BCUT2D eigenvalue weighted by Gasteiger charge is 2.23. The van der Waals surface area contributed by atoms with Crippen LogP contribution in [0.1, 0.15) is 25.7 Å². The summed E-state index contributed by atoms with van der Waals surface area (Å²) in [5.74, 6) is 0.831. The highest BCUT2D eigenvalue weighted by atomic mass is 16.1. The molecule has 0 saturated heterocycles. The number of pyridine rings is 3. The number of fused-ring (bicyclic) bond motifs is 2. The molecule has 0 spiro atoms. The summed E-state index contributed by atoms with van der Waals surface area (Å²) in [6.45, 7) is 0. The summed E-state index contributed by atoms with van der Waals surface area (Å²) in [4.78, 5) is 34.1. The smallest absolute Gasteiger partial charge is 0.227 e. The Morgan fingerprint density at radius 1 is 0.868 bits per heavy atom. The van der Waals surface area contributed by atoms with E-state index < -0.39 is 0 Å². The van der Waals surface area contributed by atoms with Gasteiger partial charge in [-0.25, -0.2) is 4.98 Å². The fraction of sp³-hybridized carbons (Fsp3) is 0.172. The first kappa shape index (κ1) is 22.3. The first-order chi connectivity index (χ1) is 18.7. The molecule has 1 aliphatic rings. The van der Waals surface area contributed by atoms with Gasteiger partial charge in [0.15, 0.2) is 5.82 Å². The predicted molar refractivity (Wildman–Crippen MR) is 146 cm³/mol. The fourth-order valence-corrected chi connectivity index (χ4v) is 5.23. The highest BCUT2D eigenvalue weighted by molar-refractivity contribution is 5.98. The summed E-state index contributed by atoms with van der Waals surface area (Å²) in [7, 11) is 0. The number of benzene rings is 1. The molecule has 5 aromatic heterocycles. The van der Waals surface area contributed by atoms with Gasteiger partial charge in [0.1, 0.15) is 11.2 Å². The van der Waals surface area contributed by atoms with E-state index in [0.717, 1.165) is 70.0 Å². The van der Waals surface area contributed by atoms with Crippen molar-refractivity contribution >= 4 is 33.5 Å². The Morgan fingerprint density at radius 3 is 2.63 bits per heavy atom. The van der Waals surface area contributed by atoms with Gasteiger partial charge in [-0.05, 0) is 54.8 Å². The topological polar surface area (TPSA) is 125 Å². The summed E-state index contributed by atoms with van der Waals surface area (Å²) >= 11 is 0. The van der Waals surface area contributed by atoms with Gasteiger partial charge in [-0.1, -0.05) is 18.9 Å². The van der Waals surface area contributed by atoms with Gasteiger partial charge in [-0.15, -0.1) is 0 Å². The quantitative estimate of drug-likeness (QED) is 0.277. The van der Waals surface area contributed by atoms with Gasteiger partial charge >= 0.3 is 0 Å². The summed E-state index contributed by atoms with van der Waals surface area (Å²) in [5, 5.41) is 11.7. The largest absolute Gasteiger partial charge is 0.336 e. The first-order valence-corrected chi connectivity index (χ1v) is 12.7. The Morgan fingerprint density at radius 2 is 1.76 bits per heavy atom. The Balaban J connectivity index is 1.25. The minimum absolute atomic E-state index is 0.0825. The van der Waals surface area contributed by atoms with Crippen molar-refractivity contribution in [3.63, 3.8) is 0 Å². The van der Waals surface area contributed by atoms with Crippen LogP contribution in [-0.4, -0.2) is 41.0 Å². The maximum absolute atomic E-state index is 12.6. The third-order valence-electron chi connectivity index (χ3n) is 7.19. The number of rotatable bonds is 5. The minimum atomic E-state index is 0.0825. The molecule has 0 atom stereocenters. The molecule has 1 aromatic carbocycles. The molecule has 0 aliphatic heterocycles. The van der Waals surface area contributed by atoms with Crippen LogP contribution in [0.2, 0.25) is 0 Å². The average Bonchev–Trinajstić information content (AvgIpc) is 3.73. The van der Waals surface area contributed by atoms with Crippen LogP contribution in [0.3, 0.4) is 0 Å². The van der Waals surface area contributed by atoms with E-state index in [0.29, 0.717) is 17.2 Å². The summed E-state index contributed by atoms with van der Waals surface area (Å²) in [6.07, 6.45) is 12.9. The maximum Gasteiger partial charge on any atom is 0.227 e. The summed E-state index contributed by atoms with van der Waals surface area (Å²) < 4.78 is 0. The van der Waals surface area contributed by atoms with Crippen molar-refractivity contribution in [3.05, 3.63) is 73.4 Å². The van der Waals surface area contributed by atoms with Crippen LogP contribution in [0, 0.1) is 5.92 Å². The first-order valence-electron chi connectivity index (χ1n) is 12.7. The zero-order valence-corrected chi connectivity index (χ0v) is 20.5. The molecule has 1 fully saturated rings. The molecule has 0 radical (unpaired) electrons. The molecule has 1 amide bonds. The van der Waals surface area contributed by atoms with E-state index in [-0.39, 0.29) is 11.8 Å². The molecule has 1 saturated carbocycles. The van der Waals surface area contributed by atoms with Gasteiger partial charge in [0.25, 0.3) is 0 Å². The molecular formula is C29H24N8O. The Kier molecular flexibility index (Phi) is 5.39. The molecule has 9 heteroatoms. The van der Waals surface area contributed by atoms with Crippen LogP contribution in [0.25, 0.3) is 55.8 Å². The van der Waals surface area contributed by atoms with Crippen molar-refractivity contribution in [2.24, 2.45) is 5.92 Å². The number of anilines is 1. The third-order valence-corrected chi connectivity index (χ3v) is 7.19. The van der Waals surface area contributed by atoms with Crippen LogP contribution in [0.4, 0.5) is 5.69 Å². The van der Waals surface area contributed by atoms with Crippen molar-refractivity contribution < 1.29 is 4.79 Å². The molecular weight excluding hydrogens is 476 g/mol. The molecule has 5 heterocycles. The van der Waals surface area contributed by atoms with Crippen molar-refractivity contribution in [2.75, 3.05) is 5.32 Å². The second-order valence-electron chi connectivity index (χ2n) is 9.65. The number of imidazole rings is 1. The number of carbonyl (C=O) groups excluding carboxylic acids is 1. The number of aromatic nitrogens is 7. The van der Waals surface area contributed by atoms with Gasteiger partial charge in [-0.2, -0.15) is 5.10 Å². The van der Waals surface area contributed by atoms with Crippen LogP contribution < -0.4 is 5.32 Å². The Labute approximate surface area is 217 Å². The Bertz CT molecular complexity index is 1780. The molecule has 186 valence electrons. The summed E-state index contributed by atoms with van der Waals surface area (Å²) in [5.41, 5.74) is 7.50. The van der Waals surface area contributed by atoms with Gasteiger partial charge in [0.05, 0.1) is 28.6 Å². The van der Waals surface area contributed by atoms with Crippen LogP contribution in [-0.2, 0) is 4.79 Å².